The van der Waals surface area contributed by atoms with Crippen molar-refractivity contribution in [3.8, 4) is 5.75 Å². The molecule has 13 nitrogen and oxygen atoms in total. The Kier molecular flexibility index (Phi) is 8.72. The van der Waals surface area contributed by atoms with Gasteiger partial charge >= 0.3 is 5.69 Å². The molecule has 0 radical (unpaired) electrons. The van der Waals surface area contributed by atoms with Gasteiger partial charge in [-0.05, 0) is 112 Å². The minimum absolute atomic E-state index is 0.0622. The number of benzene rings is 2. The van der Waals surface area contributed by atoms with Gasteiger partial charge in [0.15, 0.2) is 5.75 Å². The number of hydrogen-bond donors (Lipinski definition) is 1. The lowest BCUT2D eigenvalue weighted by Crippen LogP contribution is -2.54. The van der Waals surface area contributed by atoms with E-state index in [1.54, 1.807) is 18.2 Å². The second-order valence-corrected chi connectivity index (χ2v) is 15.5. The van der Waals surface area contributed by atoms with Gasteiger partial charge in [-0.3, -0.25) is 39.5 Å². The SMILES string of the molecule is COc1cc(N2CCC3(CCN(CC4CCN(c5ccc6c(c5)C(=O)N(C5CCC(=O)NC5=O)C6=O)CC4)CC3)CC2)c(C2CC2)cc1[N+](=O)[O-]. The Morgan fingerprint density at radius 2 is 1.53 bits per heavy atom. The lowest BCUT2D eigenvalue weighted by Gasteiger charge is -2.48. The minimum atomic E-state index is -0.959. The number of hydrogen-bond acceptors (Lipinski definition) is 10. The molecule has 1 unspecified atom stereocenters. The zero-order chi connectivity index (χ0) is 35.4. The number of likely N-dealkylation sites (tertiary alicyclic amines) is 1. The number of nitro benzene ring substituents is 1. The summed E-state index contributed by atoms with van der Waals surface area (Å²) in [5, 5.41) is 13.9. The summed E-state index contributed by atoms with van der Waals surface area (Å²) in [7, 11) is 1.51. The van der Waals surface area contributed by atoms with E-state index in [2.05, 4.69) is 20.0 Å². The summed E-state index contributed by atoms with van der Waals surface area (Å²) in [6.45, 7) is 7.03. The summed E-state index contributed by atoms with van der Waals surface area (Å²) in [5.41, 5.74) is 4.21. The third-order valence-electron chi connectivity index (χ3n) is 12.5. The van der Waals surface area contributed by atoms with E-state index in [-0.39, 0.29) is 29.4 Å². The molecule has 51 heavy (non-hydrogen) atoms. The highest BCUT2D eigenvalue weighted by molar-refractivity contribution is 6.23. The van der Waals surface area contributed by atoms with Crippen LogP contribution in [-0.2, 0) is 9.59 Å². The van der Waals surface area contributed by atoms with Crippen molar-refractivity contribution in [2.75, 3.05) is 62.7 Å². The van der Waals surface area contributed by atoms with Crippen LogP contribution in [0.1, 0.15) is 96.4 Å². The van der Waals surface area contributed by atoms with Crippen molar-refractivity contribution in [3.05, 3.63) is 57.1 Å². The van der Waals surface area contributed by atoms with Gasteiger partial charge in [-0.2, -0.15) is 0 Å². The lowest BCUT2D eigenvalue weighted by molar-refractivity contribution is -0.385. The molecule has 0 bridgehead atoms. The third kappa shape index (κ3) is 6.34. The van der Waals surface area contributed by atoms with Crippen molar-refractivity contribution in [1.82, 2.24) is 15.1 Å². The molecule has 0 aromatic heterocycles. The lowest BCUT2D eigenvalue weighted by atomic mass is 9.71. The molecule has 4 saturated heterocycles. The highest BCUT2D eigenvalue weighted by Gasteiger charge is 2.45. The molecule has 2 aromatic rings. The summed E-state index contributed by atoms with van der Waals surface area (Å²) in [4.78, 5) is 70.2. The van der Waals surface area contributed by atoms with E-state index in [9.17, 15) is 29.3 Å². The van der Waals surface area contributed by atoms with Gasteiger partial charge in [0.1, 0.15) is 6.04 Å². The molecule has 5 fully saturated rings. The van der Waals surface area contributed by atoms with Crippen LogP contribution in [0.25, 0.3) is 0 Å². The third-order valence-corrected chi connectivity index (χ3v) is 12.5. The number of rotatable bonds is 8. The Morgan fingerprint density at radius 1 is 0.843 bits per heavy atom. The van der Waals surface area contributed by atoms with Gasteiger partial charge in [0, 0.05) is 62.7 Å². The van der Waals surface area contributed by atoms with Crippen LogP contribution in [0.4, 0.5) is 17.1 Å². The first-order valence-corrected chi connectivity index (χ1v) is 18.6. The average molecular weight is 699 g/mol. The number of ether oxygens (including phenoxy) is 1. The summed E-state index contributed by atoms with van der Waals surface area (Å²) < 4.78 is 5.44. The van der Waals surface area contributed by atoms with Gasteiger partial charge in [0.2, 0.25) is 11.8 Å². The van der Waals surface area contributed by atoms with Crippen LogP contribution in [0.15, 0.2) is 30.3 Å². The molecule has 8 rings (SSSR count). The average Bonchev–Trinajstić information content (AvgIpc) is 3.96. The highest BCUT2D eigenvalue weighted by atomic mass is 16.6. The van der Waals surface area contributed by atoms with E-state index in [1.807, 2.05) is 12.1 Å². The van der Waals surface area contributed by atoms with E-state index in [4.69, 9.17) is 4.74 Å². The monoisotopic (exact) mass is 698 g/mol. The molecule has 1 spiro atoms. The quantitative estimate of drug-likeness (QED) is 0.238. The van der Waals surface area contributed by atoms with Gasteiger partial charge in [-0.1, -0.05) is 0 Å². The second kappa shape index (κ2) is 13.2. The Bertz CT molecular complexity index is 1770. The number of carbonyl (C=O) groups excluding carboxylic acids is 4. The van der Waals surface area contributed by atoms with Crippen molar-refractivity contribution < 1.29 is 28.8 Å². The van der Waals surface area contributed by atoms with E-state index in [0.29, 0.717) is 34.1 Å². The maximum Gasteiger partial charge on any atom is 0.311 e. The van der Waals surface area contributed by atoms with Gasteiger partial charge in [-0.15, -0.1) is 0 Å². The zero-order valence-corrected chi connectivity index (χ0v) is 29.2. The summed E-state index contributed by atoms with van der Waals surface area (Å²) in [5.74, 6) is -0.560. The van der Waals surface area contributed by atoms with Crippen LogP contribution in [0, 0.1) is 21.4 Å². The van der Waals surface area contributed by atoms with Crippen molar-refractivity contribution in [2.45, 2.75) is 76.2 Å². The molecule has 1 N–H and O–H groups in total. The number of amides is 4. The van der Waals surface area contributed by atoms with Crippen LogP contribution in [0.2, 0.25) is 0 Å². The predicted octanol–water partition coefficient (Wildman–Crippen LogP) is 4.48. The van der Waals surface area contributed by atoms with Gasteiger partial charge in [0.05, 0.1) is 23.2 Å². The normalized spacial score (nSPS) is 24.3. The molecule has 5 aliphatic heterocycles. The van der Waals surface area contributed by atoms with Crippen LogP contribution < -0.4 is 19.9 Å². The van der Waals surface area contributed by atoms with Gasteiger partial charge in [-0.25, -0.2) is 0 Å². The molecule has 6 aliphatic rings. The second-order valence-electron chi connectivity index (χ2n) is 15.5. The minimum Gasteiger partial charge on any atom is -0.490 e. The van der Waals surface area contributed by atoms with Crippen molar-refractivity contribution in [2.24, 2.45) is 11.3 Å². The largest absolute Gasteiger partial charge is 0.490 e. The molecule has 5 heterocycles. The van der Waals surface area contributed by atoms with E-state index >= 15 is 0 Å². The fourth-order valence-corrected chi connectivity index (χ4v) is 9.20. The van der Waals surface area contributed by atoms with Crippen LogP contribution >= 0.6 is 0 Å². The topological polar surface area (TPSA) is 146 Å². The van der Waals surface area contributed by atoms with Crippen molar-refractivity contribution >= 4 is 40.7 Å². The van der Waals surface area contributed by atoms with Crippen molar-refractivity contribution in [3.63, 3.8) is 0 Å². The maximum absolute atomic E-state index is 13.3. The smallest absolute Gasteiger partial charge is 0.311 e. The van der Waals surface area contributed by atoms with Crippen LogP contribution in [0.5, 0.6) is 5.75 Å². The molecule has 1 atom stereocenters. The molecule has 2 aromatic carbocycles. The number of methoxy groups -OCH3 is 1. The van der Waals surface area contributed by atoms with Crippen LogP contribution in [0.3, 0.4) is 0 Å². The van der Waals surface area contributed by atoms with E-state index in [1.165, 1.54) is 20.0 Å². The Labute approximate surface area is 297 Å². The summed E-state index contributed by atoms with van der Waals surface area (Å²) >= 11 is 0. The van der Waals surface area contributed by atoms with Gasteiger partial charge in [0.25, 0.3) is 11.8 Å². The molecule has 1 saturated carbocycles. The summed E-state index contributed by atoms with van der Waals surface area (Å²) in [6.07, 6.45) is 9.24. The zero-order valence-electron chi connectivity index (χ0n) is 29.2. The number of piperidine rings is 4. The molecular weight excluding hydrogens is 652 g/mol. The molecule has 13 heteroatoms. The Hall–Kier alpha value is -4.52. The number of anilines is 2. The van der Waals surface area contributed by atoms with Gasteiger partial charge < -0.3 is 19.4 Å². The number of nitrogens with one attached hydrogen (secondary N) is 1. The Morgan fingerprint density at radius 3 is 2.18 bits per heavy atom. The first-order valence-electron chi connectivity index (χ1n) is 18.6. The number of imide groups is 2. The highest BCUT2D eigenvalue weighted by Crippen LogP contribution is 2.50. The fourth-order valence-electron chi connectivity index (χ4n) is 9.20. The number of nitrogens with zero attached hydrogens (tertiary/aromatic N) is 5. The van der Waals surface area contributed by atoms with E-state index < -0.39 is 23.8 Å². The van der Waals surface area contributed by atoms with Crippen molar-refractivity contribution in [1.29, 1.82) is 0 Å². The molecule has 4 amide bonds. The predicted molar refractivity (Wildman–Crippen MR) is 189 cm³/mol. The number of fused-ring (bicyclic) bond motifs is 1. The maximum atomic E-state index is 13.3. The molecule has 270 valence electrons. The van der Waals surface area contributed by atoms with E-state index in [0.717, 1.165) is 106 Å². The first-order chi connectivity index (χ1) is 24.6. The first kappa shape index (κ1) is 33.6. The molecular formula is C38H46N6O7. The standard InChI is InChI=1S/C38H46N6O7/c1-51-33-22-31(28(25-2-3-25)21-32(33)44(49)50)42-18-12-38(13-19-42)10-16-40(17-11-38)23-24-8-14-41(15-9-24)26-4-5-27-29(20-26)37(48)43(36(27)47)30-6-7-34(45)39-35(30)46/h4-5,20-22,24-25,30H,2-3,6-19,23H2,1H3,(H,39,45,46). The van der Waals surface area contributed by atoms with Crippen LogP contribution in [-0.4, -0.2) is 97.3 Å². The number of nitro groups is 1. The fraction of sp³-hybridized carbons (Fsp3) is 0.579. The molecule has 1 aliphatic carbocycles. The Balaban J connectivity index is 0.824. The number of carbonyl (C=O) groups is 4. The summed E-state index contributed by atoms with van der Waals surface area (Å²) in [6, 6.07) is 8.10.